The zero-order valence-corrected chi connectivity index (χ0v) is 13.4. The lowest BCUT2D eigenvalue weighted by atomic mass is 9.88. The fraction of sp³-hybridized carbons (Fsp3) is 0.300. The number of rotatable bonds is 4. The Bertz CT molecular complexity index is 717. The Morgan fingerprint density at radius 2 is 2.18 bits per heavy atom. The summed E-state index contributed by atoms with van der Waals surface area (Å²) in [6, 6.07) is 11.1. The molecule has 1 aliphatic rings. The summed E-state index contributed by atoms with van der Waals surface area (Å²) in [4.78, 5) is 5.67. The van der Waals surface area contributed by atoms with Crippen LogP contribution in [0.5, 0.6) is 0 Å². The lowest BCUT2D eigenvalue weighted by Crippen LogP contribution is -2.17. The van der Waals surface area contributed by atoms with E-state index in [2.05, 4.69) is 56.0 Å². The summed E-state index contributed by atoms with van der Waals surface area (Å²) in [6.45, 7) is 7.01. The van der Waals surface area contributed by atoms with Crippen LogP contribution in [0.25, 0.3) is 22.9 Å². The molecule has 114 valence electrons. The molecule has 1 saturated heterocycles. The highest BCUT2D eigenvalue weighted by atomic mass is 16.7. The van der Waals surface area contributed by atoms with Crippen molar-refractivity contribution in [2.24, 2.45) is 0 Å². The second-order valence-electron chi connectivity index (χ2n) is 5.71. The van der Waals surface area contributed by atoms with Gasteiger partial charge in [-0.3, -0.25) is 4.84 Å². The molecule has 0 radical (unpaired) electrons. The van der Waals surface area contributed by atoms with Crippen molar-refractivity contribution in [2.45, 2.75) is 25.8 Å². The second kappa shape index (κ2) is 6.47. The molecular formula is C20H23NO. The molecule has 2 aromatic rings. The van der Waals surface area contributed by atoms with Crippen molar-refractivity contribution in [1.29, 1.82) is 0 Å². The predicted octanol–water partition coefficient (Wildman–Crippen LogP) is 5.21. The molecule has 2 nitrogen and oxygen atoms in total. The molecule has 0 amide bonds. The maximum absolute atomic E-state index is 5.67. The fourth-order valence-electron chi connectivity index (χ4n) is 3.29. The van der Waals surface area contributed by atoms with Gasteiger partial charge in [0.05, 0.1) is 12.6 Å². The minimum absolute atomic E-state index is 0.285. The van der Waals surface area contributed by atoms with E-state index in [1.165, 1.54) is 27.5 Å². The Hall–Kier alpha value is -1.90. The summed E-state index contributed by atoms with van der Waals surface area (Å²) in [6.07, 6.45) is 8.45. The number of benzene rings is 2. The molecule has 1 atom stereocenters. The number of hydrogen-bond donors (Lipinski definition) is 0. The molecular weight excluding hydrogens is 270 g/mol. The summed E-state index contributed by atoms with van der Waals surface area (Å²) in [5.74, 6) is 0. The van der Waals surface area contributed by atoms with Crippen LogP contribution in [-0.2, 0) is 4.84 Å². The first-order valence-corrected chi connectivity index (χ1v) is 7.96. The zero-order valence-electron chi connectivity index (χ0n) is 13.4. The van der Waals surface area contributed by atoms with Gasteiger partial charge in [0.1, 0.15) is 0 Å². The lowest BCUT2D eigenvalue weighted by Gasteiger charge is -2.23. The van der Waals surface area contributed by atoms with Crippen LogP contribution in [0.3, 0.4) is 0 Å². The molecule has 22 heavy (non-hydrogen) atoms. The smallest absolute Gasteiger partial charge is 0.0704 e. The number of nitrogens with zero attached hydrogens (tertiary/aromatic N) is 1. The quantitative estimate of drug-likeness (QED) is 0.767. The minimum Gasteiger partial charge on any atom is -0.299 e. The van der Waals surface area contributed by atoms with E-state index in [0.29, 0.717) is 0 Å². The molecule has 1 unspecified atom stereocenters. The van der Waals surface area contributed by atoms with E-state index in [4.69, 9.17) is 4.84 Å². The standard InChI is InChI=1S/C20H23NO/c1-4-6-9-15-14-16-10-7-8-11-18(16)20(17(15)5-2)19-12-13-22-21(19)3/h5-11,14,19H,2,4,12-13H2,1,3H3/b9-6-. The van der Waals surface area contributed by atoms with Crippen molar-refractivity contribution in [3.8, 4) is 0 Å². The third-order valence-electron chi connectivity index (χ3n) is 4.36. The van der Waals surface area contributed by atoms with Gasteiger partial charge in [-0.25, -0.2) is 0 Å². The number of hydrogen-bond acceptors (Lipinski definition) is 2. The molecule has 3 rings (SSSR count). The molecule has 1 fully saturated rings. The maximum atomic E-state index is 5.67. The van der Waals surface area contributed by atoms with Crippen molar-refractivity contribution in [3.05, 3.63) is 59.7 Å². The van der Waals surface area contributed by atoms with Gasteiger partial charge in [-0.05, 0) is 46.4 Å². The molecule has 1 heterocycles. The number of fused-ring (bicyclic) bond motifs is 1. The second-order valence-corrected chi connectivity index (χ2v) is 5.71. The van der Waals surface area contributed by atoms with Gasteiger partial charge < -0.3 is 0 Å². The van der Waals surface area contributed by atoms with E-state index in [1.807, 2.05) is 18.2 Å². The average Bonchev–Trinajstić information content (AvgIpc) is 2.97. The van der Waals surface area contributed by atoms with Crippen LogP contribution in [0.1, 0.15) is 42.5 Å². The highest BCUT2D eigenvalue weighted by molar-refractivity contribution is 5.92. The van der Waals surface area contributed by atoms with Crippen molar-refractivity contribution in [2.75, 3.05) is 13.7 Å². The molecule has 0 spiro atoms. The fourth-order valence-corrected chi connectivity index (χ4v) is 3.29. The van der Waals surface area contributed by atoms with E-state index in [0.717, 1.165) is 19.4 Å². The molecule has 0 N–H and O–H groups in total. The first-order chi connectivity index (χ1) is 10.8. The number of hydroxylamine groups is 2. The van der Waals surface area contributed by atoms with E-state index >= 15 is 0 Å². The Morgan fingerprint density at radius 1 is 1.36 bits per heavy atom. The number of allylic oxidation sites excluding steroid dienone is 1. The highest BCUT2D eigenvalue weighted by Crippen LogP contribution is 2.38. The SMILES string of the molecule is C=Cc1c(/C=C\CC)cc2ccccc2c1C1CCON1C. The summed E-state index contributed by atoms with van der Waals surface area (Å²) in [7, 11) is 2.02. The van der Waals surface area contributed by atoms with Crippen LogP contribution in [0.15, 0.2) is 43.0 Å². The Morgan fingerprint density at radius 3 is 2.86 bits per heavy atom. The van der Waals surface area contributed by atoms with Gasteiger partial charge in [0, 0.05) is 7.05 Å². The van der Waals surface area contributed by atoms with Crippen LogP contribution in [0, 0.1) is 0 Å². The molecule has 0 saturated carbocycles. The van der Waals surface area contributed by atoms with Gasteiger partial charge in [0.2, 0.25) is 0 Å². The summed E-state index contributed by atoms with van der Waals surface area (Å²) >= 11 is 0. The molecule has 0 aromatic heterocycles. The Kier molecular flexibility index (Phi) is 4.41. The van der Waals surface area contributed by atoms with Gasteiger partial charge in [-0.2, -0.15) is 5.06 Å². The summed E-state index contributed by atoms with van der Waals surface area (Å²) in [5, 5.41) is 4.56. The summed E-state index contributed by atoms with van der Waals surface area (Å²) < 4.78 is 0. The van der Waals surface area contributed by atoms with E-state index in [1.54, 1.807) is 0 Å². The van der Waals surface area contributed by atoms with Gasteiger partial charge >= 0.3 is 0 Å². The lowest BCUT2D eigenvalue weighted by molar-refractivity contribution is -0.110. The van der Waals surface area contributed by atoms with Crippen molar-refractivity contribution >= 4 is 22.9 Å². The topological polar surface area (TPSA) is 12.5 Å². The van der Waals surface area contributed by atoms with Gasteiger partial charge in [0.25, 0.3) is 0 Å². The normalized spacial score (nSPS) is 19.3. The van der Waals surface area contributed by atoms with E-state index < -0.39 is 0 Å². The van der Waals surface area contributed by atoms with E-state index in [-0.39, 0.29) is 6.04 Å². The molecule has 0 bridgehead atoms. The van der Waals surface area contributed by atoms with Crippen molar-refractivity contribution in [3.63, 3.8) is 0 Å². The maximum Gasteiger partial charge on any atom is 0.0704 e. The first kappa shape index (κ1) is 15.0. The van der Waals surface area contributed by atoms with Gasteiger partial charge in [-0.15, -0.1) is 0 Å². The predicted molar refractivity (Wildman–Crippen MR) is 94.4 cm³/mol. The monoisotopic (exact) mass is 293 g/mol. The average molecular weight is 293 g/mol. The first-order valence-electron chi connectivity index (χ1n) is 7.96. The Balaban J connectivity index is 2.29. The minimum atomic E-state index is 0.285. The summed E-state index contributed by atoms with van der Waals surface area (Å²) in [5.41, 5.74) is 3.81. The van der Waals surface area contributed by atoms with Crippen LogP contribution in [0.2, 0.25) is 0 Å². The van der Waals surface area contributed by atoms with E-state index in [9.17, 15) is 0 Å². The molecule has 1 aliphatic heterocycles. The largest absolute Gasteiger partial charge is 0.299 e. The van der Waals surface area contributed by atoms with Crippen LogP contribution in [-0.4, -0.2) is 18.7 Å². The Labute approximate surface area is 132 Å². The highest BCUT2D eigenvalue weighted by Gasteiger charge is 2.28. The van der Waals surface area contributed by atoms with Gasteiger partial charge in [-0.1, -0.05) is 56.0 Å². The third kappa shape index (κ3) is 2.60. The van der Waals surface area contributed by atoms with Crippen molar-refractivity contribution in [1.82, 2.24) is 5.06 Å². The molecule has 0 aliphatic carbocycles. The van der Waals surface area contributed by atoms with Crippen molar-refractivity contribution < 1.29 is 4.84 Å². The third-order valence-corrected chi connectivity index (χ3v) is 4.36. The van der Waals surface area contributed by atoms with Gasteiger partial charge in [0.15, 0.2) is 0 Å². The van der Waals surface area contributed by atoms with Crippen LogP contribution >= 0.6 is 0 Å². The molecule has 2 heteroatoms. The zero-order chi connectivity index (χ0) is 15.5. The molecule has 2 aromatic carbocycles. The van der Waals surface area contributed by atoms with Crippen LogP contribution in [0.4, 0.5) is 0 Å². The van der Waals surface area contributed by atoms with Crippen LogP contribution < -0.4 is 0 Å².